The highest BCUT2D eigenvalue weighted by Crippen LogP contribution is 2.19. The number of nitrogens with one attached hydrogen (secondary N) is 1. The van der Waals surface area contributed by atoms with E-state index in [4.69, 9.17) is 5.73 Å². The van der Waals surface area contributed by atoms with Gasteiger partial charge in [0.1, 0.15) is 18.0 Å². The Morgan fingerprint density at radius 3 is 2.88 bits per heavy atom. The summed E-state index contributed by atoms with van der Waals surface area (Å²) in [5.74, 6) is 1.92. The molecule has 0 saturated carbocycles. The number of rotatable bonds is 5. The molecule has 0 amide bonds. The second-order valence-corrected chi connectivity index (χ2v) is 4.58. The van der Waals surface area contributed by atoms with Gasteiger partial charge in [0.05, 0.1) is 0 Å². The van der Waals surface area contributed by atoms with Crippen LogP contribution >= 0.6 is 0 Å². The van der Waals surface area contributed by atoms with Gasteiger partial charge in [0, 0.05) is 25.2 Å². The van der Waals surface area contributed by atoms with Gasteiger partial charge < -0.3 is 16.0 Å². The largest absolute Gasteiger partial charge is 0.367 e. The van der Waals surface area contributed by atoms with Crippen molar-refractivity contribution in [2.75, 3.05) is 29.9 Å². The molecule has 2 heterocycles. The monoisotopic (exact) mass is 235 g/mol. The summed E-state index contributed by atoms with van der Waals surface area (Å²) >= 11 is 0. The lowest BCUT2D eigenvalue weighted by Crippen LogP contribution is -2.22. The van der Waals surface area contributed by atoms with Crippen LogP contribution in [0.1, 0.15) is 26.2 Å². The minimum atomic E-state index is 0.348. The van der Waals surface area contributed by atoms with Gasteiger partial charge in [-0.15, -0.1) is 0 Å². The lowest BCUT2D eigenvalue weighted by Gasteiger charge is -2.18. The first-order valence-electron chi connectivity index (χ1n) is 6.33. The summed E-state index contributed by atoms with van der Waals surface area (Å²) in [6.45, 7) is 5.02. The van der Waals surface area contributed by atoms with E-state index in [1.807, 2.05) is 6.07 Å². The maximum Gasteiger partial charge on any atom is 0.134 e. The van der Waals surface area contributed by atoms with Crippen LogP contribution in [0.3, 0.4) is 0 Å². The predicted molar refractivity (Wildman–Crippen MR) is 70.2 cm³/mol. The predicted octanol–water partition coefficient (Wildman–Crippen LogP) is 1.23. The summed E-state index contributed by atoms with van der Waals surface area (Å²) in [7, 11) is 0. The molecule has 5 heteroatoms. The summed E-state index contributed by atoms with van der Waals surface area (Å²) < 4.78 is 0. The fraction of sp³-hybridized carbons (Fsp3) is 0.667. The van der Waals surface area contributed by atoms with Crippen molar-refractivity contribution in [3.8, 4) is 0 Å². The molecule has 1 aromatic rings. The van der Waals surface area contributed by atoms with E-state index in [0.717, 1.165) is 31.1 Å². The molecule has 1 aliphatic heterocycles. The number of hydrogen-bond acceptors (Lipinski definition) is 5. The molecule has 0 aliphatic carbocycles. The van der Waals surface area contributed by atoms with Crippen LogP contribution in [0.15, 0.2) is 12.4 Å². The molecule has 17 heavy (non-hydrogen) atoms. The van der Waals surface area contributed by atoms with Crippen molar-refractivity contribution < 1.29 is 0 Å². The van der Waals surface area contributed by atoms with Gasteiger partial charge in [0.15, 0.2) is 0 Å². The molecule has 1 saturated heterocycles. The van der Waals surface area contributed by atoms with E-state index >= 15 is 0 Å². The van der Waals surface area contributed by atoms with E-state index in [9.17, 15) is 0 Å². The first-order chi connectivity index (χ1) is 8.29. The standard InChI is InChI=1S/C12H21N5/c1-10(4-5-13)16-11-8-12(15-9-14-11)17-6-2-3-7-17/h8-10H,2-7,13H2,1H3,(H,14,15,16). The Labute approximate surface area is 102 Å². The van der Waals surface area contributed by atoms with E-state index in [2.05, 4.69) is 27.1 Å². The summed E-state index contributed by atoms with van der Waals surface area (Å²) in [5.41, 5.74) is 5.53. The zero-order valence-electron chi connectivity index (χ0n) is 10.4. The van der Waals surface area contributed by atoms with Gasteiger partial charge in [-0.1, -0.05) is 0 Å². The quantitative estimate of drug-likeness (QED) is 0.803. The molecule has 1 unspecified atom stereocenters. The topological polar surface area (TPSA) is 67.1 Å². The van der Waals surface area contributed by atoms with E-state index in [-0.39, 0.29) is 0 Å². The Morgan fingerprint density at radius 2 is 2.18 bits per heavy atom. The molecule has 1 fully saturated rings. The Morgan fingerprint density at radius 1 is 1.41 bits per heavy atom. The highest BCUT2D eigenvalue weighted by atomic mass is 15.2. The van der Waals surface area contributed by atoms with Crippen LogP contribution in [0.4, 0.5) is 11.6 Å². The molecular formula is C12H21N5. The van der Waals surface area contributed by atoms with Gasteiger partial charge in [-0.3, -0.25) is 0 Å². The number of anilines is 2. The van der Waals surface area contributed by atoms with Crippen LogP contribution in [0.2, 0.25) is 0 Å². The molecule has 2 rings (SSSR count). The lowest BCUT2D eigenvalue weighted by molar-refractivity contribution is 0.713. The van der Waals surface area contributed by atoms with Crippen LogP contribution in [0.25, 0.3) is 0 Å². The maximum absolute atomic E-state index is 5.53. The fourth-order valence-corrected chi connectivity index (χ4v) is 2.12. The molecular weight excluding hydrogens is 214 g/mol. The van der Waals surface area contributed by atoms with Crippen LogP contribution < -0.4 is 16.0 Å². The first-order valence-corrected chi connectivity index (χ1v) is 6.33. The maximum atomic E-state index is 5.53. The van der Waals surface area contributed by atoms with Gasteiger partial charge in [0.25, 0.3) is 0 Å². The smallest absolute Gasteiger partial charge is 0.134 e. The third-order valence-electron chi connectivity index (χ3n) is 3.08. The van der Waals surface area contributed by atoms with Crippen LogP contribution in [-0.2, 0) is 0 Å². The summed E-state index contributed by atoms with van der Waals surface area (Å²) in [6, 6.07) is 2.37. The van der Waals surface area contributed by atoms with Crippen molar-refractivity contribution in [1.29, 1.82) is 0 Å². The van der Waals surface area contributed by atoms with Crippen molar-refractivity contribution in [3.63, 3.8) is 0 Å². The van der Waals surface area contributed by atoms with Crippen molar-refractivity contribution >= 4 is 11.6 Å². The van der Waals surface area contributed by atoms with Crippen molar-refractivity contribution in [2.24, 2.45) is 5.73 Å². The molecule has 5 nitrogen and oxygen atoms in total. The number of hydrogen-bond donors (Lipinski definition) is 2. The van der Waals surface area contributed by atoms with Crippen molar-refractivity contribution in [1.82, 2.24) is 9.97 Å². The molecule has 94 valence electrons. The van der Waals surface area contributed by atoms with E-state index < -0.39 is 0 Å². The van der Waals surface area contributed by atoms with Gasteiger partial charge in [-0.25, -0.2) is 9.97 Å². The normalized spacial score (nSPS) is 17.2. The van der Waals surface area contributed by atoms with Gasteiger partial charge in [-0.05, 0) is 32.7 Å². The first kappa shape index (κ1) is 12.1. The van der Waals surface area contributed by atoms with Gasteiger partial charge in [0.2, 0.25) is 0 Å². The highest BCUT2D eigenvalue weighted by Gasteiger charge is 2.14. The Bertz CT molecular complexity index is 349. The molecule has 0 bridgehead atoms. The second kappa shape index (κ2) is 5.82. The number of nitrogens with two attached hydrogens (primary N) is 1. The lowest BCUT2D eigenvalue weighted by atomic mass is 10.2. The zero-order valence-corrected chi connectivity index (χ0v) is 10.4. The molecule has 0 aromatic carbocycles. The van der Waals surface area contributed by atoms with Crippen molar-refractivity contribution in [2.45, 2.75) is 32.2 Å². The minimum absolute atomic E-state index is 0.348. The fourth-order valence-electron chi connectivity index (χ4n) is 2.12. The third kappa shape index (κ3) is 3.30. The summed E-state index contributed by atoms with van der Waals surface area (Å²) in [5, 5.41) is 3.35. The average molecular weight is 235 g/mol. The Hall–Kier alpha value is -1.36. The van der Waals surface area contributed by atoms with Crippen LogP contribution in [0, 0.1) is 0 Å². The summed E-state index contributed by atoms with van der Waals surface area (Å²) in [4.78, 5) is 10.9. The second-order valence-electron chi connectivity index (χ2n) is 4.58. The molecule has 1 aromatic heterocycles. The Balaban J connectivity index is 2.00. The Kier molecular flexibility index (Phi) is 4.14. The minimum Gasteiger partial charge on any atom is -0.367 e. The van der Waals surface area contributed by atoms with Gasteiger partial charge >= 0.3 is 0 Å². The number of nitrogens with zero attached hydrogens (tertiary/aromatic N) is 3. The molecule has 3 N–H and O–H groups in total. The number of aromatic nitrogens is 2. The summed E-state index contributed by atoms with van der Waals surface area (Å²) in [6.07, 6.45) is 5.10. The molecule has 0 spiro atoms. The van der Waals surface area contributed by atoms with E-state index in [0.29, 0.717) is 12.6 Å². The zero-order chi connectivity index (χ0) is 12.1. The SMILES string of the molecule is CC(CCN)Nc1cc(N2CCCC2)ncn1. The molecule has 0 radical (unpaired) electrons. The molecule has 1 atom stereocenters. The molecule has 1 aliphatic rings. The van der Waals surface area contributed by atoms with Crippen LogP contribution in [0.5, 0.6) is 0 Å². The third-order valence-corrected chi connectivity index (χ3v) is 3.08. The van der Waals surface area contributed by atoms with Crippen molar-refractivity contribution in [3.05, 3.63) is 12.4 Å². The highest BCUT2D eigenvalue weighted by molar-refractivity contribution is 5.49. The average Bonchev–Trinajstić information content (AvgIpc) is 2.83. The van der Waals surface area contributed by atoms with E-state index in [1.54, 1.807) is 6.33 Å². The van der Waals surface area contributed by atoms with E-state index in [1.165, 1.54) is 12.8 Å². The van der Waals surface area contributed by atoms with Gasteiger partial charge in [-0.2, -0.15) is 0 Å². The van der Waals surface area contributed by atoms with Crippen LogP contribution in [-0.4, -0.2) is 35.6 Å².